The van der Waals surface area contributed by atoms with Crippen molar-refractivity contribution >= 4 is 23.2 Å². The van der Waals surface area contributed by atoms with E-state index in [1.807, 2.05) is 42.4 Å². The molecule has 0 bridgehead atoms. The Labute approximate surface area is 173 Å². The quantitative estimate of drug-likeness (QED) is 0.520. The molecule has 0 atom stereocenters. The fraction of sp³-hybridized carbons (Fsp3) is 0.130. The van der Waals surface area contributed by atoms with Crippen LogP contribution in [0.4, 0.5) is 5.82 Å². The van der Waals surface area contributed by atoms with E-state index in [1.165, 1.54) is 6.08 Å². The van der Waals surface area contributed by atoms with Crippen LogP contribution in [-0.4, -0.2) is 31.2 Å². The molecule has 1 N–H and O–H groups in total. The van der Waals surface area contributed by atoms with Gasteiger partial charge in [0, 0.05) is 41.7 Å². The van der Waals surface area contributed by atoms with E-state index in [4.69, 9.17) is 4.98 Å². The highest BCUT2D eigenvalue weighted by Gasteiger charge is 2.17. The summed E-state index contributed by atoms with van der Waals surface area (Å²) in [6, 6.07) is 12.6. The van der Waals surface area contributed by atoms with Crippen LogP contribution in [-0.2, 0) is 11.2 Å². The van der Waals surface area contributed by atoms with E-state index < -0.39 is 0 Å². The second kappa shape index (κ2) is 8.11. The molecule has 7 heteroatoms. The molecule has 1 amide bonds. The van der Waals surface area contributed by atoms with Crippen molar-refractivity contribution in [2.24, 2.45) is 0 Å². The molecule has 7 nitrogen and oxygen atoms in total. The Morgan fingerprint density at radius 3 is 2.63 bits per heavy atom. The van der Waals surface area contributed by atoms with Gasteiger partial charge in [-0.3, -0.25) is 14.2 Å². The van der Waals surface area contributed by atoms with Gasteiger partial charge in [-0.1, -0.05) is 18.2 Å². The number of rotatable bonds is 5. The van der Waals surface area contributed by atoms with Crippen molar-refractivity contribution in [1.82, 2.24) is 19.4 Å². The number of amides is 1. The summed E-state index contributed by atoms with van der Waals surface area (Å²) in [5.41, 5.74) is 4.78. The highest BCUT2D eigenvalue weighted by molar-refractivity contribution is 6.04. The van der Waals surface area contributed by atoms with Crippen LogP contribution in [0.25, 0.3) is 16.8 Å². The molecule has 4 aromatic rings. The number of pyridine rings is 1. The van der Waals surface area contributed by atoms with Gasteiger partial charge in [0.05, 0.1) is 16.9 Å². The molecule has 3 heterocycles. The number of carbonyl (C=O) groups is 1. The van der Waals surface area contributed by atoms with Crippen molar-refractivity contribution in [3.63, 3.8) is 0 Å². The van der Waals surface area contributed by atoms with Gasteiger partial charge in [-0.05, 0) is 38.1 Å². The molecule has 30 heavy (non-hydrogen) atoms. The number of imidazole rings is 1. The Hall–Kier alpha value is -4.09. The van der Waals surface area contributed by atoms with Crippen molar-refractivity contribution in [2.75, 3.05) is 5.32 Å². The molecule has 0 aliphatic rings. The first-order valence-electron chi connectivity index (χ1n) is 9.44. The van der Waals surface area contributed by atoms with Gasteiger partial charge in [0.25, 0.3) is 5.91 Å². The SMILES string of the molecule is Cc1ncc(C)n2c(CC=C=O)nc(-c3ccc(C(=O)Nc4ccccn4)cc3)c12. The molecule has 0 saturated heterocycles. The summed E-state index contributed by atoms with van der Waals surface area (Å²) in [6.45, 7) is 3.87. The van der Waals surface area contributed by atoms with Crippen molar-refractivity contribution in [2.45, 2.75) is 20.3 Å². The minimum Gasteiger partial charge on any atom is -0.307 e. The van der Waals surface area contributed by atoms with Crippen molar-refractivity contribution in [3.05, 3.63) is 83.7 Å². The number of nitrogens with one attached hydrogen (secondary N) is 1. The standard InChI is InChI=1S/C23H19N5O2/c1-15-14-25-16(2)22-21(27-20(28(15)22)7-5-13-29)17-8-10-18(11-9-17)23(30)26-19-6-3-4-12-24-19/h3-6,8-12,14H,7H2,1-2H3,(H,24,26,30). The molecule has 148 valence electrons. The molecule has 0 fully saturated rings. The molecule has 0 saturated carbocycles. The number of fused-ring (bicyclic) bond motifs is 1. The van der Waals surface area contributed by atoms with Gasteiger partial charge in [-0.2, -0.15) is 0 Å². The fourth-order valence-corrected chi connectivity index (χ4v) is 3.36. The molecule has 0 aliphatic carbocycles. The van der Waals surface area contributed by atoms with E-state index in [1.54, 1.807) is 36.7 Å². The average molecular weight is 397 g/mol. The van der Waals surface area contributed by atoms with E-state index in [0.717, 1.165) is 34.0 Å². The van der Waals surface area contributed by atoms with Crippen LogP contribution >= 0.6 is 0 Å². The lowest BCUT2D eigenvalue weighted by atomic mass is 10.1. The largest absolute Gasteiger partial charge is 0.307 e. The van der Waals surface area contributed by atoms with Crippen molar-refractivity contribution in [1.29, 1.82) is 0 Å². The fourth-order valence-electron chi connectivity index (χ4n) is 3.36. The van der Waals surface area contributed by atoms with Gasteiger partial charge in [0.2, 0.25) is 0 Å². The maximum absolute atomic E-state index is 12.5. The summed E-state index contributed by atoms with van der Waals surface area (Å²) in [7, 11) is 0. The van der Waals surface area contributed by atoms with Crippen LogP contribution in [0.5, 0.6) is 0 Å². The molecule has 0 aliphatic heterocycles. The summed E-state index contributed by atoms with van der Waals surface area (Å²) < 4.78 is 2.01. The predicted molar refractivity (Wildman–Crippen MR) is 114 cm³/mol. The first-order chi connectivity index (χ1) is 14.6. The number of hydrogen-bond donors (Lipinski definition) is 1. The number of anilines is 1. The van der Waals surface area contributed by atoms with E-state index in [2.05, 4.69) is 15.3 Å². The summed E-state index contributed by atoms with van der Waals surface area (Å²) >= 11 is 0. The Bertz CT molecular complexity index is 1270. The first kappa shape index (κ1) is 19.2. The zero-order valence-corrected chi connectivity index (χ0v) is 16.6. The van der Waals surface area contributed by atoms with Crippen LogP contribution in [0.15, 0.2) is 60.9 Å². The highest BCUT2D eigenvalue weighted by atomic mass is 16.1. The second-order valence-corrected chi connectivity index (χ2v) is 6.82. The number of carbonyl (C=O) groups excluding carboxylic acids is 2. The highest BCUT2D eigenvalue weighted by Crippen LogP contribution is 2.28. The zero-order chi connectivity index (χ0) is 21.1. The lowest BCUT2D eigenvalue weighted by Gasteiger charge is -2.07. The van der Waals surface area contributed by atoms with Crippen molar-refractivity contribution < 1.29 is 9.59 Å². The Balaban J connectivity index is 1.71. The number of hydrogen-bond acceptors (Lipinski definition) is 5. The second-order valence-electron chi connectivity index (χ2n) is 6.82. The average Bonchev–Trinajstić information content (AvgIpc) is 3.16. The van der Waals surface area contributed by atoms with Crippen LogP contribution in [0, 0.1) is 13.8 Å². The van der Waals surface area contributed by atoms with E-state index in [-0.39, 0.29) is 5.91 Å². The minimum absolute atomic E-state index is 0.236. The molecule has 0 unspecified atom stereocenters. The Morgan fingerprint density at radius 1 is 1.13 bits per heavy atom. The van der Waals surface area contributed by atoms with Gasteiger partial charge in [-0.25, -0.2) is 14.8 Å². The van der Waals surface area contributed by atoms with Crippen molar-refractivity contribution in [3.8, 4) is 11.3 Å². The molecule has 0 radical (unpaired) electrons. The summed E-state index contributed by atoms with van der Waals surface area (Å²) in [5, 5.41) is 2.77. The number of benzene rings is 1. The molecule has 4 rings (SSSR count). The lowest BCUT2D eigenvalue weighted by Crippen LogP contribution is -2.12. The smallest absolute Gasteiger partial charge is 0.256 e. The third kappa shape index (κ3) is 3.62. The van der Waals surface area contributed by atoms with Crippen LogP contribution in [0.1, 0.15) is 27.6 Å². The number of allylic oxidation sites excluding steroid dienone is 1. The topological polar surface area (TPSA) is 89.3 Å². The maximum atomic E-state index is 12.5. The molecular formula is C23H19N5O2. The summed E-state index contributed by atoms with van der Waals surface area (Å²) in [5.74, 6) is 2.81. The minimum atomic E-state index is -0.236. The number of aryl methyl sites for hydroxylation is 2. The van der Waals surface area contributed by atoms with Crippen LogP contribution < -0.4 is 5.32 Å². The molecular weight excluding hydrogens is 378 g/mol. The van der Waals surface area contributed by atoms with Gasteiger partial charge < -0.3 is 5.32 Å². The lowest BCUT2D eigenvalue weighted by molar-refractivity contribution is 0.102. The molecule has 3 aromatic heterocycles. The van der Waals surface area contributed by atoms with Crippen LogP contribution in [0.2, 0.25) is 0 Å². The first-order valence-corrected chi connectivity index (χ1v) is 9.44. The summed E-state index contributed by atoms with van der Waals surface area (Å²) in [6.07, 6.45) is 5.20. The monoisotopic (exact) mass is 397 g/mol. The van der Waals surface area contributed by atoms with E-state index in [9.17, 15) is 9.59 Å². The van der Waals surface area contributed by atoms with E-state index in [0.29, 0.717) is 17.8 Å². The molecule has 1 aromatic carbocycles. The van der Waals surface area contributed by atoms with Crippen LogP contribution in [0.3, 0.4) is 0 Å². The van der Waals surface area contributed by atoms with E-state index >= 15 is 0 Å². The van der Waals surface area contributed by atoms with Gasteiger partial charge >= 0.3 is 0 Å². The normalized spacial score (nSPS) is 10.6. The third-order valence-corrected chi connectivity index (χ3v) is 4.78. The van der Waals surface area contributed by atoms with Gasteiger partial charge in [0.1, 0.15) is 17.6 Å². The summed E-state index contributed by atoms with van der Waals surface area (Å²) in [4.78, 5) is 36.5. The molecule has 0 spiro atoms. The van der Waals surface area contributed by atoms with Gasteiger partial charge in [0.15, 0.2) is 0 Å². The maximum Gasteiger partial charge on any atom is 0.256 e. The predicted octanol–water partition coefficient (Wildman–Crippen LogP) is 3.59. The third-order valence-electron chi connectivity index (χ3n) is 4.78. The zero-order valence-electron chi connectivity index (χ0n) is 16.6. The Morgan fingerprint density at radius 2 is 1.93 bits per heavy atom. The number of aromatic nitrogens is 4. The number of nitrogens with zero attached hydrogens (tertiary/aromatic N) is 4. The Kier molecular flexibility index (Phi) is 5.20. The van der Waals surface area contributed by atoms with Gasteiger partial charge in [-0.15, -0.1) is 0 Å².